The van der Waals surface area contributed by atoms with Crippen molar-refractivity contribution in [3.63, 3.8) is 0 Å². The van der Waals surface area contributed by atoms with Crippen molar-refractivity contribution in [1.29, 1.82) is 0 Å². The molecule has 0 aliphatic carbocycles. The first kappa shape index (κ1) is 16.5. The second-order valence-corrected chi connectivity index (χ2v) is 5.14. The lowest BCUT2D eigenvalue weighted by Gasteiger charge is -2.15. The summed E-state index contributed by atoms with van der Waals surface area (Å²) in [6.07, 6.45) is 1.58. The number of aryl methyl sites for hydroxylation is 2. The van der Waals surface area contributed by atoms with Gasteiger partial charge in [0.05, 0.1) is 16.2 Å². The van der Waals surface area contributed by atoms with Crippen LogP contribution in [0, 0.1) is 10.1 Å². The summed E-state index contributed by atoms with van der Waals surface area (Å²) in [5.74, 6) is -0.368. The van der Waals surface area contributed by atoms with E-state index in [4.69, 9.17) is 5.73 Å². The number of nitro groups is 1. The first-order chi connectivity index (χ1) is 11.0. The Kier molecular flexibility index (Phi) is 4.95. The number of nitrogens with one attached hydrogen (secondary N) is 1. The normalized spacial score (nSPS) is 10.3. The minimum absolute atomic E-state index is 0.0868. The summed E-state index contributed by atoms with van der Waals surface area (Å²) in [5, 5.41) is 13.6. The van der Waals surface area contributed by atoms with E-state index in [2.05, 4.69) is 5.32 Å². The summed E-state index contributed by atoms with van der Waals surface area (Å²) in [4.78, 5) is 22.7. The predicted molar refractivity (Wildman–Crippen MR) is 90.7 cm³/mol. The van der Waals surface area contributed by atoms with E-state index in [0.29, 0.717) is 0 Å². The molecule has 0 radical (unpaired) electrons. The molecular weight excluding hydrogens is 294 g/mol. The quantitative estimate of drug-likeness (QED) is 0.501. The van der Waals surface area contributed by atoms with Gasteiger partial charge in [-0.15, -0.1) is 0 Å². The fraction of sp³-hybridized carbons (Fsp3) is 0.235. The van der Waals surface area contributed by atoms with Crippen LogP contribution in [0.25, 0.3) is 0 Å². The maximum atomic E-state index is 12.5. The monoisotopic (exact) mass is 313 g/mol. The SMILES string of the molecule is CCc1cccc(CC)c1NC(=O)c1ccc([N+](=O)[O-])cc1N. The van der Waals surface area contributed by atoms with E-state index in [1.54, 1.807) is 0 Å². The number of anilines is 2. The number of non-ortho nitro benzene ring substituents is 1. The Labute approximate surface area is 134 Å². The van der Waals surface area contributed by atoms with Crippen LogP contribution in [0.15, 0.2) is 36.4 Å². The summed E-state index contributed by atoms with van der Waals surface area (Å²) in [5.41, 5.74) is 8.84. The molecule has 0 atom stereocenters. The zero-order chi connectivity index (χ0) is 17.0. The summed E-state index contributed by atoms with van der Waals surface area (Å²) in [6, 6.07) is 9.75. The van der Waals surface area contributed by atoms with Crippen molar-refractivity contribution >= 4 is 23.0 Å². The number of benzene rings is 2. The standard InChI is InChI=1S/C17H19N3O3/c1-3-11-6-5-7-12(4-2)16(11)19-17(21)14-9-8-13(20(22)23)10-15(14)18/h5-10H,3-4,18H2,1-2H3,(H,19,21). The Balaban J connectivity index is 2.35. The number of nitrogens with two attached hydrogens (primary N) is 1. The third-order valence-corrected chi connectivity index (χ3v) is 3.73. The van der Waals surface area contributed by atoms with Gasteiger partial charge in [-0.25, -0.2) is 0 Å². The molecule has 0 aliphatic heterocycles. The molecule has 0 unspecified atom stereocenters. The molecule has 23 heavy (non-hydrogen) atoms. The van der Waals surface area contributed by atoms with Gasteiger partial charge >= 0.3 is 0 Å². The molecule has 0 bridgehead atoms. The molecule has 0 aromatic heterocycles. The average Bonchev–Trinajstić information content (AvgIpc) is 2.54. The number of nitro benzene ring substituents is 1. The number of hydrogen-bond donors (Lipinski definition) is 2. The molecule has 3 N–H and O–H groups in total. The number of amides is 1. The van der Waals surface area contributed by atoms with E-state index in [1.165, 1.54) is 18.2 Å². The maximum absolute atomic E-state index is 12.5. The molecule has 0 saturated heterocycles. The van der Waals surface area contributed by atoms with Gasteiger partial charge in [-0.1, -0.05) is 32.0 Å². The van der Waals surface area contributed by atoms with Crippen molar-refractivity contribution in [2.75, 3.05) is 11.1 Å². The van der Waals surface area contributed by atoms with E-state index in [1.807, 2.05) is 32.0 Å². The van der Waals surface area contributed by atoms with Crippen LogP contribution in [0.4, 0.5) is 17.1 Å². The lowest BCUT2D eigenvalue weighted by atomic mass is 10.0. The highest BCUT2D eigenvalue weighted by Gasteiger charge is 2.16. The van der Waals surface area contributed by atoms with Gasteiger partial charge in [0.1, 0.15) is 0 Å². The minimum Gasteiger partial charge on any atom is -0.398 e. The van der Waals surface area contributed by atoms with E-state index in [9.17, 15) is 14.9 Å². The van der Waals surface area contributed by atoms with E-state index in [-0.39, 0.29) is 22.8 Å². The van der Waals surface area contributed by atoms with Crippen LogP contribution in [0.5, 0.6) is 0 Å². The number of rotatable bonds is 5. The Hall–Kier alpha value is -2.89. The first-order valence-electron chi connectivity index (χ1n) is 7.43. The second-order valence-electron chi connectivity index (χ2n) is 5.14. The second kappa shape index (κ2) is 6.91. The number of hydrogen-bond acceptors (Lipinski definition) is 4. The Morgan fingerprint density at radius 2 is 1.78 bits per heavy atom. The van der Waals surface area contributed by atoms with E-state index in [0.717, 1.165) is 29.7 Å². The maximum Gasteiger partial charge on any atom is 0.271 e. The largest absolute Gasteiger partial charge is 0.398 e. The molecular formula is C17H19N3O3. The highest BCUT2D eigenvalue weighted by molar-refractivity contribution is 6.08. The molecule has 6 heteroatoms. The lowest BCUT2D eigenvalue weighted by Crippen LogP contribution is -2.16. The zero-order valence-electron chi connectivity index (χ0n) is 13.1. The summed E-state index contributed by atoms with van der Waals surface area (Å²) < 4.78 is 0. The molecule has 120 valence electrons. The van der Waals surface area contributed by atoms with Crippen LogP contribution >= 0.6 is 0 Å². The zero-order valence-corrected chi connectivity index (χ0v) is 13.1. The van der Waals surface area contributed by atoms with Crippen molar-refractivity contribution in [1.82, 2.24) is 0 Å². The summed E-state index contributed by atoms with van der Waals surface area (Å²) >= 11 is 0. The lowest BCUT2D eigenvalue weighted by molar-refractivity contribution is -0.384. The van der Waals surface area contributed by atoms with Crippen molar-refractivity contribution in [3.8, 4) is 0 Å². The molecule has 0 fully saturated rings. The highest BCUT2D eigenvalue weighted by Crippen LogP contribution is 2.25. The third-order valence-electron chi connectivity index (χ3n) is 3.73. The molecule has 0 aliphatic rings. The van der Waals surface area contributed by atoms with Gasteiger partial charge in [-0.3, -0.25) is 14.9 Å². The number of carbonyl (C=O) groups is 1. The van der Waals surface area contributed by atoms with Crippen molar-refractivity contribution in [2.45, 2.75) is 26.7 Å². The highest BCUT2D eigenvalue weighted by atomic mass is 16.6. The van der Waals surface area contributed by atoms with Gasteiger partial charge in [0.15, 0.2) is 0 Å². The number of carbonyl (C=O) groups excluding carboxylic acids is 1. The summed E-state index contributed by atoms with van der Waals surface area (Å²) in [7, 11) is 0. The Morgan fingerprint density at radius 3 is 2.26 bits per heavy atom. The minimum atomic E-state index is -0.542. The average molecular weight is 313 g/mol. The molecule has 2 aromatic carbocycles. The molecule has 2 aromatic rings. The predicted octanol–water partition coefficient (Wildman–Crippen LogP) is 3.55. The van der Waals surface area contributed by atoms with Crippen molar-refractivity contribution in [3.05, 3.63) is 63.2 Å². The number of nitrogens with zero attached hydrogens (tertiary/aromatic N) is 1. The van der Waals surface area contributed by atoms with Gasteiger partial charge in [-0.2, -0.15) is 0 Å². The van der Waals surface area contributed by atoms with Crippen LogP contribution in [-0.2, 0) is 12.8 Å². The molecule has 6 nitrogen and oxygen atoms in total. The van der Waals surface area contributed by atoms with Gasteiger partial charge in [0.25, 0.3) is 11.6 Å². The molecule has 0 spiro atoms. The number of nitrogen functional groups attached to an aromatic ring is 1. The molecule has 1 amide bonds. The smallest absolute Gasteiger partial charge is 0.271 e. The fourth-order valence-corrected chi connectivity index (χ4v) is 2.45. The fourth-order valence-electron chi connectivity index (χ4n) is 2.45. The topological polar surface area (TPSA) is 98.3 Å². The van der Waals surface area contributed by atoms with Gasteiger partial charge in [-0.05, 0) is 30.0 Å². The van der Waals surface area contributed by atoms with Crippen LogP contribution in [0.2, 0.25) is 0 Å². The Morgan fingerprint density at radius 1 is 1.17 bits per heavy atom. The van der Waals surface area contributed by atoms with Crippen LogP contribution in [0.1, 0.15) is 35.3 Å². The van der Waals surface area contributed by atoms with Crippen LogP contribution in [-0.4, -0.2) is 10.8 Å². The van der Waals surface area contributed by atoms with Gasteiger partial charge in [0, 0.05) is 17.8 Å². The molecule has 0 heterocycles. The molecule has 2 rings (SSSR count). The van der Waals surface area contributed by atoms with Gasteiger partial charge < -0.3 is 11.1 Å². The van der Waals surface area contributed by atoms with Crippen molar-refractivity contribution in [2.24, 2.45) is 0 Å². The van der Waals surface area contributed by atoms with Crippen LogP contribution in [0.3, 0.4) is 0 Å². The summed E-state index contributed by atoms with van der Waals surface area (Å²) in [6.45, 7) is 4.04. The third kappa shape index (κ3) is 3.48. The number of para-hydroxylation sites is 1. The Bertz CT molecular complexity index is 734. The van der Waals surface area contributed by atoms with Crippen molar-refractivity contribution < 1.29 is 9.72 Å². The van der Waals surface area contributed by atoms with Gasteiger partial charge in [0.2, 0.25) is 0 Å². The first-order valence-corrected chi connectivity index (χ1v) is 7.43. The van der Waals surface area contributed by atoms with Crippen LogP contribution < -0.4 is 11.1 Å². The molecule has 0 saturated carbocycles. The van der Waals surface area contributed by atoms with E-state index >= 15 is 0 Å². The van der Waals surface area contributed by atoms with E-state index < -0.39 is 4.92 Å².